The molecule has 1 heterocycles. The quantitative estimate of drug-likeness (QED) is 0.803. The van der Waals surface area contributed by atoms with E-state index >= 15 is 0 Å². The summed E-state index contributed by atoms with van der Waals surface area (Å²) < 4.78 is 24.1. The molecule has 6 heteroatoms. The van der Waals surface area contributed by atoms with Gasteiger partial charge >= 0.3 is 0 Å². The number of halogens is 3. The van der Waals surface area contributed by atoms with Crippen molar-refractivity contribution in [2.24, 2.45) is 0 Å². The van der Waals surface area contributed by atoms with E-state index in [0.717, 1.165) is 11.3 Å². The zero-order chi connectivity index (χ0) is 7.72. The van der Waals surface area contributed by atoms with Gasteiger partial charge in [0.1, 0.15) is 9.48 Å². The van der Waals surface area contributed by atoms with Gasteiger partial charge in [-0.25, -0.2) is 13.8 Å². The minimum Gasteiger partial charge on any atom is -0.375 e. The van der Waals surface area contributed by atoms with Gasteiger partial charge in [-0.15, -0.1) is 0 Å². The molecule has 0 fully saturated rings. The van der Waals surface area contributed by atoms with Gasteiger partial charge in [-0.3, -0.25) is 0 Å². The average molecular weight is 229 g/mol. The molecule has 0 aliphatic heterocycles. The van der Waals surface area contributed by atoms with Crippen LogP contribution in [0.3, 0.4) is 0 Å². The van der Waals surface area contributed by atoms with Gasteiger partial charge in [0.25, 0.3) is 6.43 Å². The molecule has 0 aliphatic rings. The summed E-state index contributed by atoms with van der Waals surface area (Å²) in [6, 6.07) is 0. The summed E-state index contributed by atoms with van der Waals surface area (Å²) in [5.41, 5.74) is 4.89. The van der Waals surface area contributed by atoms with E-state index in [-0.39, 0.29) is 10.8 Å². The molecule has 0 atom stereocenters. The van der Waals surface area contributed by atoms with Crippen molar-refractivity contribution in [1.29, 1.82) is 0 Å². The number of nitrogen functional groups attached to an aromatic ring is 1. The maximum Gasteiger partial charge on any atom is 0.282 e. The number of nitrogens with two attached hydrogens (primary N) is 1. The molecule has 0 bridgehead atoms. The number of rotatable bonds is 1. The molecule has 0 saturated carbocycles. The second-order valence-corrected chi connectivity index (χ2v) is 3.86. The Kier molecular flexibility index (Phi) is 2.20. The molecule has 0 aliphatic carbocycles. The van der Waals surface area contributed by atoms with Crippen molar-refractivity contribution < 1.29 is 8.78 Å². The van der Waals surface area contributed by atoms with Crippen LogP contribution in [0.2, 0.25) is 0 Å². The van der Waals surface area contributed by atoms with Gasteiger partial charge < -0.3 is 5.73 Å². The Bertz CT molecular complexity index is 237. The summed E-state index contributed by atoms with van der Waals surface area (Å²) in [4.78, 5) is 3.41. The molecular weight excluding hydrogens is 226 g/mol. The van der Waals surface area contributed by atoms with Crippen LogP contribution in [0, 0.1) is 0 Å². The van der Waals surface area contributed by atoms with E-state index in [1.54, 1.807) is 0 Å². The molecule has 2 N–H and O–H groups in total. The third-order valence-corrected chi connectivity index (χ3v) is 2.41. The van der Waals surface area contributed by atoms with Crippen LogP contribution in [0.4, 0.5) is 13.9 Å². The molecule has 1 aromatic heterocycles. The van der Waals surface area contributed by atoms with Crippen LogP contribution in [-0.2, 0) is 0 Å². The first-order valence-electron chi connectivity index (χ1n) is 2.31. The fraction of sp³-hybridized carbons (Fsp3) is 0.250. The Morgan fingerprint density at radius 2 is 2.20 bits per heavy atom. The second kappa shape index (κ2) is 2.79. The van der Waals surface area contributed by atoms with E-state index in [1.807, 2.05) is 0 Å². The summed E-state index contributed by atoms with van der Waals surface area (Å²) in [6.07, 6.45) is -2.55. The zero-order valence-corrected chi connectivity index (χ0v) is 7.05. The van der Waals surface area contributed by atoms with Crippen molar-refractivity contribution in [2.75, 3.05) is 5.73 Å². The second-order valence-electron chi connectivity index (χ2n) is 1.51. The normalized spacial score (nSPS) is 10.8. The summed E-state index contributed by atoms with van der Waals surface area (Å²) >= 11 is 3.91. The lowest BCUT2D eigenvalue weighted by molar-refractivity contribution is 0.146. The maximum atomic E-state index is 11.9. The molecule has 1 rings (SSSR count). The van der Waals surface area contributed by atoms with Gasteiger partial charge in [0.05, 0.1) is 0 Å². The monoisotopic (exact) mass is 228 g/mol. The number of alkyl halides is 2. The van der Waals surface area contributed by atoms with E-state index in [4.69, 9.17) is 5.73 Å². The number of aromatic nitrogens is 1. The van der Waals surface area contributed by atoms with Crippen molar-refractivity contribution >= 4 is 32.4 Å². The van der Waals surface area contributed by atoms with Crippen LogP contribution in [-0.4, -0.2) is 4.98 Å². The first-order valence-corrected chi connectivity index (χ1v) is 3.92. The van der Waals surface area contributed by atoms with Gasteiger partial charge in [0, 0.05) is 0 Å². The lowest BCUT2D eigenvalue weighted by Crippen LogP contribution is -1.86. The Morgan fingerprint density at radius 3 is 2.40 bits per heavy atom. The van der Waals surface area contributed by atoms with E-state index in [2.05, 4.69) is 20.9 Å². The Balaban J connectivity index is 3.03. The van der Waals surface area contributed by atoms with E-state index in [0.29, 0.717) is 3.79 Å². The van der Waals surface area contributed by atoms with Crippen molar-refractivity contribution in [1.82, 2.24) is 4.98 Å². The topological polar surface area (TPSA) is 38.9 Å². The molecule has 0 saturated heterocycles. The molecule has 0 radical (unpaired) electrons. The minimum atomic E-state index is -2.55. The fourth-order valence-corrected chi connectivity index (χ4v) is 1.79. The van der Waals surface area contributed by atoms with Crippen LogP contribution >= 0.6 is 27.3 Å². The van der Waals surface area contributed by atoms with Crippen molar-refractivity contribution in [3.8, 4) is 0 Å². The van der Waals surface area contributed by atoms with Crippen LogP contribution in [0.1, 0.15) is 12.1 Å². The standard InChI is InChI=1S/C4H3BrF2N2S/c5-2-1(3(6)7)9-4(8)10-2/h3H,(H2,8,9). The highest BCUT2D eigenvalue weighted by molar-refractivity contribution is 9.11. The first-order chi connectivity index (χ1) is 4.61. The van der Waals surface area contributed by atoms with Crippen molar-refractivity contribution in [2.45, 2.75) is 6.43 Å². The Hall–Kier alpha value is -0.230. The molecule has 0 amide bonds. The number of anilines is 1. The summed E-state index contributed by atoms with van der Waals surface area (Å²) in [5, 5.41) is 0.155. The minimum absolute atomic E-state index is 0.155. The van der Waals surface area contributed by atoms with Gasteiger partial charge in [-0.2, -0.15) is 0 Å². The van der Waals surface area contributed by atoms with Gasteiger partial charge in [0.2, 0.25) is 0 Å². The largest absolute Gasteiger partial charge is 0.375 e. The predicted octanol–water partition coefficient (Wildman–Crippen LogP) is 2.43. The van der Waals surface area contributed by atoms with Crippen LogP contribution in [0.15, 0.2) is 3.79 Å². The zero-order valence-electron chi connectivity index (χ0n) is 4.64. The SMILES string of the molecule is Nc1nc(C(F)F)c(Br)s1. The van der Waals surface area contributed by atoms with E-state index in [1.165, 1.54) is 0 Å². The Labute approximate surface area is 68.2 Å². The molecule has 1 aromatic rings. The van der Waals surface area contributed by atoms with Crippen LogP contribution in [0.5, 0.6) is 0 Å². The molecular formula is C4H3BrF2N2S. The third kappa shape index (κ3) is 1.43. The fourth-order valence-electron chi connectivity index (χ4n) is 0.464. The Morgan fingerprint density at radius 1 is 1.60 bits per heavy atom. The molecule has 0 spiro atoms. The molecule has 0 aromatic carbocycles. The van der Waals surface area contributed by atoms with Crippen LogP contribution in [0.25, 0.3) is 0 Å². The molecule has 2 nitrogen and oxygen atoms in total. The van der Waals surface area contributed by atoms with Gasteiger partial charge in [-0.1, -0.05) is 11.3 Å². The van der Waals surface area contributed by atoms with Gasteiger partial charge in [-0.05, 0) is 15.9 Å². The van der Waals surface area contributed by atoms with E-state index in [9.17, 15) is 8.78 Å². The van der Waals surface area contributed by atoms with Crippen LogP contribution < -0.4 is 5.73 Å². The maximum absolute atomic E-state index is 11.9. The van der Waals surface area contributed by atoms with Gasteiger partial charge in [0.15, 0.2) is 5.13 Å². The number of hydrogen-bond donors (Lipinski definition) is 1. The average Bonchev–Trinajstić information content (AvgIpc) is 2.10. The molecule has 10 heavy (non-hydrogen) atoms. The van der Waals surface area contributed by atoms with Crippen molar-refractivity contribution in [3.05, 3.63) is 9.48 Å². The van der Waals surface area contributed by atoms with Crippen molar-refractivity contribution in [3.63, 3.8) is 0 Å². The lowest BCUT2D eigenvalue weighted by atomic mass is 10.5. The number of nitrogens with zero attached hydrogens (tertiary/aromatic N) is 1. The lowest BCUT2D eigenvalue weighted by Gasteiger charge is -1.90. The van der Waals surface area contributed by atoms with E-state index < -0.39 is 6.43 Å². The smallest absolute Gasteiger partial charge is 0.282 e. The summed E-state index contributed by atoms with van der Waals surface area (Å²) in [5.74, 6) is 0. The summed E-state index contributed by atoms with van der Waals surface area (Å²) in [7, 11) is 0. The molecule has 56 valence electrons. The highest BCUT2D eigenvalue weighted by Gasteiger charge is 2.16. The molecule has 0 unspecified atom stereocenters. The highest BCUT2D eigenvalue weighted by Crippen LogP contribution is 2.32. The highest BCUT2D eigenvalue weighted by atomic mass is 79.9. The first kappa shape index (κ1) is 7.87. The predicted molar refractivity (Wildman–Crippen MR) is 39.2 cm³/mol. The third-order valence-electron chi connectivity index (χ3n) is 0.833. The summed E-state index contributed by atoms with van der Waals surface area (Å²) in [6.45, 7) is 0. The number of hydrogen-bond acceptors (Lipinski definition) is 3. The number of thiazole rings is 1.